The number of hydrogen-bond acceptors (Lipinski definition) is 4. The molecule has 6 heteroatoms. The summed E-state index contributed by atoms with van der Waals surface area (Å²) in [6.45, 7) is 2.07. The molecule has 0 spiro atoms. The molecule has 0 aliphatic rings. The van der Waals surface area contributed by atoms with Crippen LogP contribution in [0.3, 0.4) is 0 Å². The number of nitrogens with zero attached hydrogens (tertiary/aromatic N) is 1. The number of fused-ring (bicyclic) bond motifs is 1. The molecular formula is C16H25N5O. The van der Waals surface area contributed by atoms with Gasteiger partial charge in [0.1, 0.15) is 0 Å². The fourth-order valence-corrected chi connectivity index (χ4v) is 1.56. The number of amides is 1. The number of aromatic nitrogens is 1. The molecule has 0 radical (unpaired) electrons. The van der Waals surface area contributed by atoms with Gasteiger partial charge in [0.05, 0.1) is 11.4 Å². The van der Waals surface area contributed by atoms with E-state index in [1.54, 1.807) is 0 Å². The van der Waals surface area contributed by atoms with E-state index in [0.717, 1.165) is 11.9 Å². The SMILES string of the molecule is CC(=O)NCCCC(=N)N.CN.c1ccc2ncccc2c1. The number of benzene rings is 1. The third kappa shape index (κ3) is 9.44. The first-order chi connectivity index (χ1) is 10.6. The second-order valence-electron chi connectivity index (χ2n) is 4.31. The van der Waals surface area contributed by atoms with Crippen LogP contribution in [0, 0.1) is 5.41 Å². The van der Waals surface area contributed by atoms with Crippen molar-refractivity contribution in [2.45, 2.75) is 19.8 Å². The van der Waals surface area contributed by atoms with Gasteiger partial charge in [-0.3, -0.25) is 15.2 Å². The number of pyridine rings is 1. The van der Waals surface area contributed by atoms with Crippen LogP contribution in [-0.2, 0) is 4.79 Å². The second kappa shape index (κ2) is 12.3. The Morgan fingerprint density at radius 1 is 1.23 bits per heavy atom. The van der Waals surface area contributed by atoms with Crippen LogP contribution in [0.2, 0.25) is 0 Å². The predicted octanol–water partition coefficient (Wildman–Crippen LogP) is 1.65. The van der Waals surface area contributed by atoms with Gasteiger partial charge in [-0.25, -0.2) is 0 Å². The maximum atomic E-state index is 10.3. The van der Waals surface area contributed by atoms with Gasteiger partial charge in [0.2, 0.25) is 5.91 Å². The van der Waals surface area contributed by atoms with E-state index < -0.39 is 0 Å². The van der Waals surface area contributed by atoms with Crippen molar-refractivity contribution in [2.24, 2.45) is 11.5 Å². The number of carbonyl (C=O) groups excluding carboxylic acids is 1. The van der Waals surface area contributed by atoms with Gasteiger partial charge in [0.15, 0.2) is 0 Å². The summed E-state index contributed by atoms with van der Waals surface area (Å²) in [4.78, 5) is 14.5. The van der Waals surface area contributed by atoms with Gasteiger partial charge in [-0.15, -0.1) is 0 Å². The Bertz CT molecular complexity index is 490. The first-order valence-corrected chi connectivity index (χ1v) is 7.04. The van der Waals surface area contributed by atoms with Crippen molar-refractivity contribution < 1.29 is 4.79 Å². The largest absolute Gasteiger partial charge is 0.388 e. The molecule has 0 bridgehead atoms. The van der Waals surface area contributed by atoms with Crippen molar-refractivity contribution >= 4 is 22.6 Å². The summed E-state index contributed by atoms with van der Waals surface area (Å²) in [5.74, 6) is 0.133. The molecule has 1 aromatic carbocycles. The molecule has 6 N–H and O–H groups in total. The molecule has 0 fully saturated rings. The normalized spacial score (nSPS) is 8.86. The van der Waals surface area contributed by atoms with E-state index in [2.05, 4.69) is 28.2 Å². The van der Waals surface area contributed by atoms with Crippen LogP contribution in [0.5, 0.6) is 0 Å². The minimum atomic E-state index is -0.0384. The molecule has 0 aliphatic heterocycles. The van der Waals surface area contributed by atoms with Crippen LogP contribution < -0.4 is 16.8 Å². The molecule has 2 aromatic rings. The Balaban J connectivity index is 0.000000360. The third-order valence-electron chi connectivity index (χ3n) is 2.51. The van der Waals surface area contributed by atoms with E-state index in [1.165, 1.54) is 19.4 Å². The molecule has 1 amide bonds. The van der Waals surface area contributed by atoms with Crippen LogP contribution in [0.15, 0.2) is 42.6 Å². The minimum absolute atomic E-state index is 0.0384. The second-order valence-corrected chi connectivity index (χ2v) is 4.31. The zero-order valence-electron chi connectivity index (χ0n) is 13.2. The van der Waals surface area contributed by atoms with E-state index in [-0.39, 0.29) is 11.7 Å². The van der Waals surface area contributed by atoms with E-state index in [9.17, 15) is 4.79 Å². The van der Waals surface area contributed by atoms with Crippen molar-refractivity contribution in [3.8, 4) is 0 Å². The lowest BCUT2D eigenvalue weighted by Gasteiger charge is -1.99. The van der Waals surface area contributed by atoms with Crippen LogP contribution in [0.1, 0.15) is 19.8 Å². The van der Waals surface area contributed by atoms with Crippen molar-refractivity contribution in [1.82, 2.24) is 10.3 Å². The molecule has 2 rings (SSSR count). The number of rotatable bonds is 4. The molecular weight excluding hydrogens is 278 g/mol. The number of hydrogen-bond donors (Lipinski definition) is 4. The molecule has 120 valence electrons. The molecule has 0 atom stereocenters. The highest BCUT2D eigenvalue weighted by Crippen LogP contribution is 2.07. The molecule has 0 aliphatic carbocycles. The van der Waals surface area contributed by atoms with Crippen LogP contribution in [0.4, 0.5) is 0 Å². The number of amidine groups is 1. The lowest BCUT2D eigenvalue weighted by atomic mass is 10.2. The summed E-state index contributed by atoms with van der Waals surface area (Å²) < 4.78 is 0. The van der Waals surface area contributed by atoms with E-state index in [1.807, 2.05) is 30.5 Å². The van der Waals surface area contributed by atoms with Crippen LogP contribution in [0.25, 0.3) is 10.9 Å². The fourth-order valence-electron chi connectivity index (χ4n) is 1.56. The van der Waals surface area contributed by atoms with Crippen molar-refractivity contribution in [2.75, 3.05) is 13.6 Å². The quantitative estimate of drug-likeness (QED) is 0.390. The van der Waals surface area contributed by atoms with Gasteiger partial charge in [0, 0.05) is 31.5 Å². The molecule has 0 saturated carbocycles. The lowest BCUT2D eigenvalue weighted by molar-refractivity contribution is -0.118. The van der Waals surface area contributed by atoms with E-state index in [4.69, 9.17) is 11.1 Å². The number of carbonyl (C=O) groups is 1. The Hall–Kier alpha value is -2.47. The highest BCUT2D eigenvalue weighted by Gasteiger charge is 1.91. The lowest BCUT2D eigenvalue weighted by Crippen LogP contribution is -2.22. The fraction of sp³-hybridized carbons (Fsp3) is 0.312. The Morgan fingerprint density at radius 2 is 1.86 bits per heavy atom. The first-order valence-electron chi connectivity index (χ1n) is 7.04. The summed E-state index contributed by atoms with van der Waals surface area (Å²) in [6, 6.07) is 12.1. The highest BCUT2D eigenvalue weighted by molar-refractivity contribution is 5.78. The van der Waals surface area contributed by atoms with Crippen LogP contribution in [-0.4, -0.2) is 30.3 Å². The van der Waals surface area contributed by atoms with Crippen molar-refractivity contribution in [3.63, 3.8) is 0 Å². The topological polar surface area (TPSA) is 118 Å². The van der Waals surface area contributed by atoms with Gasteiger partial charge in [0.25, 0.3) is 0 Å². The molecule has 1 aromatic heterocycles. The smallest absolute Gasteiger partial charge is 0.216 e. The van der Waals surface area contributed by atoms with Gasteiger partial charge in [-0.05, 0) is 25.6 Å². The summed E-state index contributed by atoms with van der Waals surface area (Å²) in [5, 5.41) is 10.7. The standard InChI is InChI=1S/C9H7N.C6H13N3O.CH5N/c1-2-6-9-8(4-1)5-3-7-10-9;1-5(10)9-4-2-3-6(7)8;1-2/h1-7H;2-4H2,1H3,(H3,7,8)(H,9,10);2H2,1H3. The highest BCUT2D eigenvalue weighted by atomic mass is 16.1. The van der Waals surface area contributed by atoms with Gasteiger partial charge in [-0.1, -0.05) is 24.3 Å². The monoisotopic (exact) mass is 303 g/mol. The molecule has 0 unspecified atom stereocenters. The first kappa shape index (κ1) is 19.5. The minimum Gasteiger partial charge on any atom is -0.388 e. The van der Waals surface area contributed by atoms with Gasteiger partial charge >= 0.3 is 0 Å². The Kier molecular flexibility index (Phi) is 10.9. The molecule has 0 saturated heterocycles. The summed E-state index contributed by atoms with van der Waals surface area (Å²) >= 11 is 0. The predicted molar refractivity (Wildman–Crippen MR) is 91.7 cm³/mol. The average molecular weight is 303 g/mol. The average Bonchev–Trinajstić information content (AvgIpc) is 2.54. The summed E-state index contributed by atoms with van der Waals surface area (Å²) in [5.41, 5.74) is 10.6. The van der Waals surface area contributed by atoms with Crippen molar-refractivity contribution in [1.29, 1.82) is 5.41 Å². The zero-order valence-corrected chi connectivity index (χ0v) is 13.2. The zero-order chi connectivity index (χ0) is 16.8. The maximum absolute atomic E-state index is 10.3. The van der Waals surface area contributed by atoms with Crippen LogP contribution >= 0.6 is 0 Å². The summed E-state index contributed by atoms with van der Waals surface area (Å²) in [7, 11) is 1.50. The maximum Gasteiger partial charge on any atom is 0.216 e. The Labute approximate surface area is 131 Å². The van der Waals surface area contributed by atoms with E-state index >= 15 is 0 Å². The molecule has 22 heavy (non-hydrogen) atoms. The van der Waals surface area contributed by atoms with Crippen molar-refractivity contribution in [3.05, 3.63) is 42.6 Å². The third-order valence-corrected chi connectivity index (χ3v) is 2.51. The van der Waals surface area contributed by atoms with Gasteiger partial charge < -0.3 is 16.8 Å². The Morgan fingerprint density at radius 3 is 2.45 bits per heavy atom. The molecule has 6 nitrogen and oxygen atoms in total. The number of nitrogens with two attached hydrogens (primary N) is 2. The van der Waals surface area contributed by atoms with E-state index in [0.29, 0.717) is 13.0 Å². The summed E-state index contributed by atoms with van der Waals surface area (Å²) in [6.07, 6.45) is 3.11. The number of para-hydroxylation sites is 1. The number of nitrogens with one attached hydrogen (secondary N) is 2. The van der Waals surface area contributed by atoms with Gasteiger partial charge in [-0.2, -0.15) is 0 Å². The molecule has 1 heterocycles.